The summed E-state index contributed by atoms with van der Waals surface area (Å²) in [6.45, 7) is 3.59. The monoisotopic (exact) mass is 427 g/mol. The summed E-state index contributed by atoms with van der Waals surface area (Å²) in [7, 11) is 5.95. The standard InChI is InChI=1S/C22H29N5O4/c1-25(2)16-6-4-15(5-7-16)22(29)27-9-8-19-18(14-27)24-21(31-19)20(28)23-12-17-13-26(3)10-11-30-17/h4-7,17H,8-14H2,1-3H3,(H,23,28)/t17-/m1/s1. The predicted molar refractivity (Wildman–Crippen MR) is 115 cm³/mol. The molecule has 2 aromatic rings. The third kappa shape index (κ3) is 4.88. The van der Waals surface area contributed by atoms with Crippen LogP contribution in [0.2, 0.25) is 0 Å². The van der Waals surface area contributed by atoms with E-state index in [-0.39, 0.29) is 23.8 Å². The molecule has 4 rings (SSSR count). The van der Waals surface area contributed by atoms with Gasteiger partial charge in [-0.2, -0.15) is 0 Å². The van der Waals surface area contributed by atoms with Crippen LogP contribution in [0.15, 0.2) is 28.7 Å². The molecule has 2 aliphatic rings. The number of morpholine rings is 1. The lowest BCUT2D eigenvalue weighted by atomic mass is 10.1. The highest BCUT2D eigenvalue weighted by atomic mass is 16.5. The molecule has 31 heavy (non-hydrogen) atoms. The highest BCUT2D eigenvalue weighted by Crippen LogP contribution is 2.22. The molecule has 166 valence electrons. The van der Waals surface area contributed by atoms with Crippen molar-refractivity contribution in [3.05, 3.63) is 47.2 Å². The largest absolute Gasteiger partial charge is 0.437 e. The molecule has 1 fully saturated rings. The van der Waals surface area contributed by atoms with Crippen LogP contribution in [-0.2, 0) is 17.7 Å². The summed E-state index contributed by atoms with van der Waals surface area (Å²) < 4.78 is 11.4. The molecule has 1 aromatic heterocycles. The molecule has 0 saturated carbocycles. The van der Waals surface area contributed by atoms with Crippen LogP contribution < -0.4 is 10.2 Å². The van der Waals surface area contributed by atoms with Crippen LogP contribution in [0, 0.1) is 0 Å². The van der Waals surface area contributed by atoms with Crippen molar-refractivity contribution in [1.82, 2.24) is 20.1 Å². The molecule has 1 saturated heterocycles. The zero-order valence-corrected chi connectivity index (χ0v) is 18.3. The Hall–Kier alpha value is -2.91. The number of rotatable bonds is 5. The second-order valence-electron chi connectivity index (χ2n) is 8.27. The Morgan fingerprint density at radius 3 is 2.71 bits per heavy atom. The number of fused-ring (bicyclic) bond motifs is 1. The summed E-state index contributed by atoms with van der Waals surface area (Å²) in [5.41, 5.74) is 2.31. The van der Waals surface area contributed by atoms with Gasteiger partial charge in [0.15, 0.2) is 0 Å². The maximum absolute atomic E-state index is 12.9. The lowest BCUT2D eigenvalue weighted by Crippen LogP contribution is -2.46. The summed E-state index contributed by atoms with van der Waals surface area (Å²) in [6.07, 6.45) is 0.493. The molecule has 1 aromatic carbocycles. The molecular weight excluding hydrogens is 398 g/mol. The van der Waals surface area contributed by atoms with Crippen molar-refractivity contribution in [3.63, 3.8) is 0 Å². The van der Waals surface area contributed by atoms with Gasteiger partial charge in [-0.1, -0.05) is 0 Å². The van der Waals surface area contributed by atoms with Gasteiger partial charge in [-0.15, -0.1) is 0 Å². The molecule has 9 heteroatoms. The summed E-state index contributed by atoms with van der Waals surface area (Å²) in [4.78, 5) is 35.6. The molecular formula is C22H29N5O4. The lowest BCUT2D eigenvalue weighted by molar-refractivity contribution is -0.0176. The van der Waals surface area contributed by atoms with Gasteiger partial charge in [-0.05, 0) is 31.3 Å². The van der Waals surface area contributed by atoms with Gasteiger partial charge in [-0.3, -0.25) is 9.59 Å². The number of benzene rings is 1. The average Bonchev–Trinajstić information content (AvgIpc) is 3.20. The number of hydrogen-bond acceptors (Lipinski definition) is 7. The van der Waals surface area contributed by atoms with Crippen molar-refractivity contribution in [1.29, 1.82) is 0 Å². The molecule has 0 radical (unpaired) electrons. The zero-order valence-electron chi connectivity index (χ0n) is 18.3. The van der Waals surface area contributed by atoms with Gasteiger partial charge in [0, 0.05) is 57.9 Å². The van der Waals surface area contributed by atoms with Crippen molar-refractivity contribution in [2.75, 3.05) is 58.8 Å². The fourth-order valence-corrected chi connectivity index (χ4v) is 3.83. The Bertz CT molecular complexity index is 940. The van der Waals surface area contributed by atoms with Crippen LogP contribution in [0.4, 0.5) is 5.69 Å². The minimum absolute atomic E-state index is 0.0406. The maximum atomic E-state index is 12.9. The predicted octanol–water partition coefficient (Wildman–Crippen LogP) is 1.000. The van der Waals surface area contributed by atoms with E-state index in [1.165, 1.54) is 0 Å². The summed E-state index contributed by atoms with van der Waals surface area (Å²) in [5.74, 6) is 0.302. The number of oxazole rings is 1. The van der Waals surface area contributed by atoms with Crippen LogP contribution in [0.1, 0.15) is 32.5 Å². The maximum Gasteiger partial charge on any atom is 0.307 e. The molecule has 2 aliphatic heterocycles. The molecule has 0 spiro atoms. The Balaban J connectivity index is 1.36. The highest BCUT2D eigenvalue weighted by molar-refractivity contribution is 5.94. The van der Waals surface area contributed by atoms with Gasteiger partial charge >= 0.3 is 5.91 Å². The fourth-order valence-electron chi connectivity index (χ4n) is 3.83. The number of nitrogens with zero attached hydrogens (tertiary/aromatic N) is 4. The minimum atomic E-state index is -0.358. The van der Waals surface area contributed by atoms with Gasteiger partial charge in [-0.25, -0.2) is 4.98 Å². The summed E-state index contributed by atoms with van der Waals surface area (Å²) >= 11 is 0. The molecule has 3 heterocycles. The number of aromatic nitrogens is 1. The zero-order chi connectivity index (χ0) is 22.0. The van der Waals surface area contributed by atoms with E-state index in [4.69, 9.17) is 9.15 Å². The molecule has 0 aliphatic carbocycles. The van der Waals surface area contributed by atoms with Crippen LogP contribution in [-0.4, -0.2) is 86.6 Å². The average molecular weight is 428 g/mol. The Morgan fingerprint density at radius 1 is 1.23 bits per heavy atom. The fraction of sp³-hybridized carbons (Fsp3) is 0.500. The van der Waals surface area contributed by atoms with Crippen molar-refractivity contribution in [2.45, 2.75) is 19.1 Å². The van der Waals surface area contributed by atoms with E-state index in [9.17, 15) is 9.59 Å². The van der Waals surface area contributed by atoms with Crippen LogP contribution in [0.5, 0.6) is 0 Å². The van der Waals surface area contributed by atoms with Crippen molar-refractivity contribution >= 4 is 17.5 Å². The van der Waals surface area contributed by atoms with Gasteiger partial charge < -0.3 is 29.2 Å². The number of ether oxygens (including phenoxy) is 1. The first kappa shape index (κ1) is 21.3. The first-order valence-corrected chi connectivity index (χ1v) is 10.5. The van der Waals surface area contributed by atoms with E-state index < -0.39 is 0 Å². The second kappa shape index (κ2) is 9.07. The first-order valence-electron chi connectivity index (χ1n) is 10.5. The van der Waals surface area contributed by atoms with Gasteiger partial charge in [0.2, 0.25) is 0 Å². The van der Waals surface area contributed by atoms with Crippen molar-refractivity contribution < 1.29 is 18.7 Å². The number of carbonyl (C=O) groups is 2. The Morgan fingerprint density at radius 2 is 2.00 bits per heavy atom. The Labute approximate surface area is 182 Å². The van der Waals surface area contributed by atoms with Gasteiger partial charge in [0.1, 0.15) is 11.5 Å². The third-order valence-electron chi connectivity index (χ3n) is 5.67. The van der Waals surface area contributed by atoms with Gasteiger partial charge in [0.05, 0.1) is 19.3 Å². The van der Waals surface area contributed by atoms with Crippen molar-refractivity contribution in [2.24, 2.45) is 0 Å². The van der Waals surface area contributed by atoms with E-state index in [2.05, 4.69) is 15.2 Å². The summed E-state index contributed by atoms with van der Waals surface area (Å²) in [5, 5.41) is 2.84. The second-order valence-corrected chi connectivity index (χ2v) is 8.27. The number of amides is 2. The number of carbonyl (C=O) groups excluding carboxylic acids is 2. The SMILES string of the molecule is CN1CCO[C@H](CNC(=O)c2nc3c(o2)CCN(C(=O)c2ccc(N(C)C)cc2)C3)C1. The normalized spacial score (nSPS) is 19.1. The third-order valence-corrected chi connectivity index (χ3v) is 5.67. The lowest BCUT2D eigenvalue weighted by Gasteiger charge is -2.29. The molecule has 0 unspecified atom stereocenters. The number of likely N-dealkylation sites (N-methyl/N-ethyl adjacent to an activating group) is 1. The molecule has 1 atom stereocenters. The smallest absolute Gasteiger partial charge is 0.307 e. The van der Waals surface area contributed by atoms with E-state index >= 15 is 0 Å². The van der Waals surface area contributed by atoms with Crippen molar-refractivity contribution in [3.8, 4) is 0 Å². The van der Waals surface area contributed by atoms with Crippen LogP contribution >= 0.6 is 0 Å². The van der Waals surface area contributed by atoms with Crippen LogP contribution in [0.25, 0.3) is 0 Å². The van der Waals surface area contributed by atoms with E-state index in [1.807, 2.05) is 50.3 Å². The molecule has 9 nitrogen and oxygen atoms in total. The first-order chi connectivity index (χ1) is 14.9. The van der Waals surface area contributed by atoms with E-state index in [0.29, 0.717) is 49.7 Å². The minimum Gasteiger partial charge on any atom is -0.437 e. The molecule has 0 bridgehead atoms. The number of nitrogens with one attached hydrogen (secondary N) is 1. The van der Waals surface area contributed by atoms with Crippen LogP contribution in [0.3, 0.4) is 0 Å². The summed E-state index contributed by atoms with van der Waals surface area (Å²) in [6, 6.07) is 7.52. The van der Waals surface area contributed by atoms with Gasteiger partial charge in [0.25, 0.3) is 11.8 Å². The highest BCUT2D eigenvalue weighted by Gasteiger charge is 2.28. The molecule has 2 amide bonds. The quantitative estimate of drug-likeness (QED) is 0.761. The van der Waals surface area contributed by atoms with E-state index in [0.717, 1.165) is 18.8 Å². The van der Waals surface area contributed by atoms with E-state index in [1.54, 1.807) is 4.90 Å². The number of hydrogen-bond donors (Lipinski definition) is 1. The molecule has 1 N–H and O–H groups in total. The number of anilines is 1. The Kier molecular flexibility index (Phi) is 6.24. The topological polar surface area (TPSA) is 91.1 Å².